The maximum atomic E-state index is 12.7. The number of benzene rings is 3. The van der Waals surface area contributed by atoms with Gasteiger partial charge in [-0.1, -0.05) is 17.7 Å². The number of sulfonamides is 1. The average Bonchev–Trinajstić information content (AvgIpc) is 2.80. The van der Waals surface area contributed by atoms with Crippen molar-refractivity contribution >= 4 is 50.6 Å². The second kappa shape index (κ2) is 10.4. The monoisotopic (exact) mass is 497 g/mol. The van der Waals surface area contributed by atoms with Gasteiger partial charge in [-0.15, -0.1) is 0 Å². The zero-order valence-electron chi connectivity index (χ0n) is 18.7. The number of carbonyl (C=O) groups excluding carboxylic acids is 2. The first-order valence-electron chi connectivity index (χ1n) is 10.1. The van der Waals surface area contributed by atoms with E-state index < -0.39 is 21.9 Å². The molecule has 0 saturated carbocycles. The molecule has 34 heavy (non-hydrogen) atoms. The Balaban J connectivity index is 1.61. The molecule has 0 radical (unpaired) electrons. The number of esters is 1. The highest BCUT2D eigenvalue weighted by Gasteiger charge is 2.16. The topological polar surface area (TPSA) is 114 Å². The Kier molecular flexibility index (Phi) is 7.64. The summed E-state index contributed by atoms with van der Waals surface area (Å²) in [6, 6.07) is 17.3. The van der Waals surface area contributed by atoms with E-state index in [0.29, 0.717) is 22.5 Å². The molecule has 0 atom stereocenters. The van der Waals surface area contributed by atoms with Crippen molar-refractivity contribution in [2.45, 2.75) is 18.7 Å². The van der Waals surface area contributed by atoms with Crippen LogP contribution in [0.5, 0.6) is 0 Å². The first-order valence-corrected chi connectivity index (χ1v) is 12.0. The third kappa shape index (κ3) is 6.18. The Morgan fingerprint density at radius 2 is 1.50 bits per heavy atom. The van der Waals surface area contributed by atoms with Crippen LogP contribution in [0.4, 0.5) is 11.4 Å². The molecule has 0 aromatic heterocycles. The Bertz CT molecular complexity index is 1340. The molecule has 0 aliphatic carbocycles. The van der Waals surface area contributed by atoms with E-state index in [1.54, 1.807) is 18.2 Å². The van der Waals surface area contributed by atoms with E-state index in [9.17, 15) is 18.0 Å². The van der Waals surface area contributed by atoms with E-state index in [0.717, 1.165) is 11.1 Å². The van der Waals surface area contributed by atoms with Crippen molar-refractivity contribution in [1.29, 1.82) is 0 Å². The second-order valence-electron chi connectivity index (χ2n) is 7.43. The summed E-state index contributed by atoms with van der Waals surface area (Å²) in [5.74, 6) is -0.968. The molecule has 1 amide bonds. The molecular formula is C24H23N3O5S2. The van der Waals surface area contributed by atoms with Crippen molar-refractivity contribution in [3.8, 4) is 0 Å². The molecule has 3 N–H and O–H groups in total. The van der Waals surface area contributed by atoms with Crippen LogP contribution in [0.1, 0.15) is 31.8 Å². The van der Waals surface area contributed by atoms with E-state index in [1.807, 2.05) is 26.0 Å². The third-order valence-corrected chi connectivity index (χ3v) is 6.43. The summed E-state index contributed by atoms with van der Waals surface area (Å²) in [6.07, 6.45) is 0. The molecule has 0 unspecified atom stereocenters. The molecule has 0 heterocycles. The maximum Gasteiger partial charge on any atom is 0.337 e. The standard InChI is InChI=1S/C24H23N3O5S2/c1-15-4-13-21(16(2)14-15)27-34(30,31)20-11-9-19(10-12-20)25-24(33)26-22(28)17-5-7-18(8-6-17)23(29)32-3/h4-14,27H,1-3H3,(H2,25,26,28,33). The molecule has 176 valence electrons. The number of rotatable bonds is 6. The Labute approximate surface area is 203 Å². The van der Waals surface area contributed by atoms with E-state index in [2.05, 4.69) is 20.1 Å². The summed E-state index contributed by atoms with van der Waals surface area (Å²) >= 11 is 5.17. The first-order chi connectivity index (χ1) is 16.1. The van der Waals surface area contributed by atoms with Crippen LogP contribution in [-0.2, 0) is 14.8 Å². The van der Waals surface area contributed by atoms with Gasteiger partial charge in [0.1, 0.15) is 0 Å². The summed E-state index contributed by atoms with van der Waals surface area (Å²) in [5.41, 5.74) is 3.49. The minimum Gasteiger partial charge on any atom is -0.465 e. The van der Waals surface area contributed by atoms with Crippen LogP contribution >= 0.6 is 12.2 Å². The highest BCUT2D eigenvalue weighted by atomic mass is 32.2. The van der Waals surface area contributed by atoms with Gasteiger partial charge in [0.25, 0.3) is 15.9 Å². The molecular weight excluding hydrogens is 474 g/mol. The minimum absolute atomic E-state index is 0.0334. The lowest BCUT2D eigenvalue weighted by molar-refractivity contribution is 0.0600. The molecule has 8 nitrogen and oxygen atoms in total. The van der Waals surface area contributed by atoms with E-state index in [4.69, 9.17) is 12.2 Å². The smallest absolute Gasteiger partial charge is 0.337 e. The highest BCUT2D eigenvalue weighted by Crippen LogP contribution is 2.22. The number of thiocarbonyl (C=S) groups is 1. The van der Waals surface area contributed by atoms with Crippen molar-refractivity contribution in [3.63, 3.8) is 0 Å². The lowest BCUT2D eigenvalue weighted by atomic mass is 10.1. The molecule has 0 aliphatic rings. The number of carbonyl (C=O) groups is 2. The van der Waals surface area contributed by atoms with Gasteiger partial charge in [-0.25, -0.2) is 13.2 Å². The Morgan fingerprint density at radius 1 is 0.882 bits per heavy atom. The molecule has 10 heteroatoms. The fraction of sp³-hybridized carbons (Fsp3) is 0.125. The molecule has 3 aromatic carbocycles. The van der Waals surface area contributed by atoms with Crippen molar-refractivity contribution in [2.24, 2.45) is 0 Å². The molecule has 0 aliphatic heterocycles. The first kappa shape index (κ1) is 24.9. The number of hydrogen-bond acceptors (Lipinski definition) is 6. The fourth-order valence-electron chi connectivity index (χ4n) is 3.06. The molecule has 0 bridgehead atoms. The van der Waals surface area contributed by atoms with Crippen molar-refractivity contribution in [2.75, 3.05) is 17.1 Å². The summed E-state index contributed by atoms with van der Waals surface area (Å²) in [6.45, 7) is 3.77. The quantitative estimate of drug-likeness (QED) is 0.348. The van der Waals surface area contributed by atoms with E-state index >= 15 is 0 Å². The van der Waals surface area contributed by atoms with Gasteiger partial charge < -0.3 is 10.1 Å². The number of ether oxygens (including phenoxy) is 1. The van der Waals surface area contributed by atoms with Crippen LogP contribution in [-0.4, -0.2) is 32.5 Å². The van der Waals surface area contributed by atoms with Gasteiger partial charge in [0.05, 0.1) is 23.3 Å². The van der Waals surface area contributed by atoms with Crippen molar-refractivity contribution in [1.82, 2.24) is 5.32 Å². The zero-order chi connectivity index (χ0) is 24.9. The number of nitrogens with one attached hydrogen (secondary N) is 3. The predicted octanol–water partition coefficient (Wildman–Crippen LogP) is 4.02. The molecule has 0 spiro atoms. The molecule has 0 fully saturated rings. The number of methoxy groups -OCH3 is 1. The Hall–Kier alpha value is -3.76. The summed E-state index contributed by atoms with van der Waals surface area (Å²) in [7, 11) is -2.50. The molecule has 3 rings (SSSR count). The fourth-order valence-corrected chi connectivity index (χ4v) is 4.40. The predicted molar refractivity (Wildman–Crippen MR) is 135 cm³/mol. The zero-order valence-corrected chi connectivity index (χ0v) is 20.3. The normalized spacial score (nSPS) is 10.8. The number of hydrogen-bond donors (Lipinski definition) is 3. The largest absolute Gasteiger partial charge is 0.465 e. The second-order valence-corrected chi connectivity index (χ2v) is 9.52. The van der Waals surface area contributed by atoms with Crippen molar-refractivity contribution < 1.29 is 22.7 Å². The minimum atomic E-state index is -3.77. The van der Waals surface area contributed by atoms with Crippen LogP contribution in [0.25, 0.3) is 0 Å². The van der Waals surface area contributed by atoms with E-state index in [1.165, 1.54) is 43.5 Å². The molecule has 3 aromatic rings. The summed E-state index contributed by atoms with van der Waals surface area (Å²) in [4.78, 5) is 23.9. The van der Waals surface area contributed by atoms with Crippen LogP contribution in [0.3, 0.4) is 0 Å². The van der Waals surface area contributed by atoms with Gasteiger partial charge in [0.15, 0.2) is 5.11 Å². The number of aryl methyl sites for hydroxylation is 2. The summed E-state index contributed by atoms with van der Waals surface area (Å²) < 4.78 is 32.6. The number of anilines is 2. The Morgan fingerprint density at radius 3 is 2.09 bits per heavy atom. The van der Waals surface area contributed by atoms with Gasteiger partial charge in [-0.05, 0) is 86.2 Å². The number of amides is 1. The summed E-state index contributed by atoms with van der Waals surface area (Å²) in [5, 5.41) is 5.40. The van der Waals surface area contributed by atoms with Crippen LogP contribution in [0, 0.1) is 13.8 Å². The van der Waals surface area contributed by atoms with E-state index in [-0.39, 0.29) is 10.0 Å². The van der Waals surface area contributed by atoms with Crippen LogP contribution < -0.4 is 15.4 Å². The van der Waals surface area contributed by atoms with Gasteiger partial charge in [-0.2, -0.15) is 0 Å². The van der Waals surface area contributed by atoms with Crippen LogP contribution in [0.2, 0.25) is 0 Å². The maximum absolute atomic E-state index is 12.7. The lowest BCUT2D eigenvalue weighted by Crippen LogP contribution is -2.34. The van der Waals surface area contributed by atoms with Gasteiger partial charge >= 0.3 is 5.97 Å². The van der Waals surface area contributed by atoms with Gasteiger partial charge in [0, 0.05) is 11.3 Å². The molecule has 0 saturated heterocycles. The SMILES string of the molecule is COC(=O)c1ccc(C(=O)NC(=S)Nc2ccc(S(=O)(=O)Nc3ccc(C)cc3C)cc2)cc1. The third-order valence-electron chi connectivity index (χ3n) is 4.84. The van der Waals surface area contributed by atoms with Crippen molar-refractivity contribution in [3.05, 3.63) is 89.0 Å². The van der Waals surface area contributed by atoms with Crippen LogP contribution in [0.15, 0.2) is 71.6 Å². The average molecular weight is 498 g/mol. The van der Waals surface area contributed by atoms with Gasteiger partial charge in [-0.3, -0.25) is 14.8 Å². The lowest BCUT2D eigenvalue weighted by Gasteiger charge is -2.13. The highest BCUT2D eigenvalue weighted by molar-refractivity contribution is 7.92. The van der Waals surface area contributed by atoms with Gasteiger partial charge in [0.2, 0.25) is 0 Å².